The normalized spacial score (nSPS) is 12.7. The minimum atomic E-state index is -0.592. The van der Waals surface area contributed by atoms with Crippen molar-refractivity contribution in [1.29, 1.82) is 0 Å². The Bertz CT molecular complexity index is 876. The van der Waals surface area contributed by atoms with Crippen LogP contribution in [0.3, 0.4) is 0 Å². The average Bonchev–Trinajstić information content (AvgIpc) is 3.03. The predicted octanol–water partition coefficient (Wildman–Crippen LogP) is 4.74. The highest BCUT2D eigenvalue weighted by atomic mass is 19.1. The van der Waals surface area contributed by atoms with Gasteiger partial charge in [0.2, 0.25) is 0 Å². The second-order valence-electron chi connectivity index (χ2n) is 6.74. The molecule has 0 fully saturated rings. The van der Waals surface area contributed by atoms with E-state index in [2.05, 4.69) is 23.9 Å². The van der Waals surface area contributed by atoms with Gasteiger partial charge in [0, 0.05) is 23.9 Å². The van der Waals surface area contributed by atoms with Crippen molar-refractivity contribution in [2.75, 3.05) is 6.61 Å². The van der Waals surface area contributed by atoms with Crippen LogP contribution < -0.4 is 4.74 Å². The lowest BCUT2D eigenvalue weighted by Crippen LogP contribution is -2.12. The molecule has 1 aromatic carbocycles. The van der Waals surface area contributed by atoms with Crippen LogP contribution in [0.1, 0.15) is 27.2 Å². The molecule has 0 unspecified atom stereocenters. The van der Waals surface area contributed by atoms with Crippen molar-refractivity contribution in [2.45, 2.75) is 27.2 Å². The molecule has 0 radical (unpaired) electrons. The Morgan fingerprint density at radius 1 is 1.08 bits per heavy atom. The van der Waals surface area contributed by atoms with E-state index in [4.69, 9.17) is 4.74 Å². The first-order valence-corrected chi connectivity index (χ1v) is 8.36. The molecule has 3 aromatic rings. The van der Waals surface area contributed by atoms with E-state index in [1.165, 1.54) is 4.52 Å². The van der Waals surface area contributed by atoms with E-state index < -0.39 is 11.6 Å². The van der Waals surface area contributed by atoms with Crippen LogP contribution in [0.2, 0.25) is 0 Å². The van der Waals surface area contributed by atoms with Gasteiger partial charge in [-0.3, -0.25) is 0 Å². The van der Waals surface area contributed by atoms with E-state index in [-0.39, 0.29) is 17.2 Å². The molecule has 2 aromatic heterocycles. The van der Waals surface area contributed by atoms with Crippen LogP contribution in [0.25, 0.3) is 16.9 Å². The van der Waals surface area contributed by atoms with Gasteiger partial charge in [0.05, 0.1) is 18.5 Å². The first kappa shape index (κ1) is 17.3. The molecule has 132 valence electrons. The van der Waals surface area contributed by atoms with Gasteiger partial charge < -0.3 is 4.74 Å². The Hall–Kier alpha value is -2.50. The summed E-state index contributed by atoms with van der Waals surface area (Å²) in [7, 11) is 0. The van der Waals surface area contributed by atoms with Gasteiger partial charge in [0.15, 0.2) is 17.2 Å². The molecule has 0 aliphatic rings. The van der Waals surface area contributed by atoms with Crippen LogP contribution in [0.4, 0.5) is 8.78 Å². The predicted molar refractivity (Wildman–Crippen MR) is 92.5 cm³/mol. The average molecular weight is 345 g/mol. The largest absolute Gasteiger partial charge is 0.490 e. The molecular formula is C19H21F2N3O. The lowest BCUT2D eigenvalue weighted by molar-refractivity contribution is 0.229. The maximum absolute atomic E-state index is 14.6. The van der Waals surface area contributed by atoms with Crippen molar-refractivity contribution >= 4 is 5.65 Å². The fourth-order valence-corrected chi connectivity index (χ4v) is 2.98. The molecule has 25 heavy (non-hydrogen) atoms. The van der Waals surface area contributed by atoms with Crippen molar-refractivity contribution in [3.63, 3.8) is 0 Å². The van der Waals surface area contributed by atoms with E-state index in [9.17, 15) is 8.78 Å². The zero-order chi connectivity index (χ0) is 18.0. The molecule has 0 spiro atoms. The Labute approximate surface area is 145 Å². The Balaban J connectivity index is 1.87. The number of nitrogens with zero attached hydrogens (tertiary/aromatic N) is 3. The van der Waals surface area contributed by atoms with Crippen LogP contribution in [0.15, 0.2) is 36.7 Å². The number of hydrogen-bond donors (Lipinski definition) is 0. The summed E-state index contributed by atoms with van der Waals surface area (Å²) in [6.45, 7) is 6.63. The van der Waals surface area contributed by atoms with Gasteiger partial charge in [-0.15, -0.1) is 0 Å². The minimum absolute atomic E-state index is 0.0670. The third-order valence-electron chi connectivity index (χ3n) is 3.98. The molecule has 2 heterocycles. The molecule has 4 nitrogen and oxygen atoms in total. The summed E-state index contributed by atoms with van der Waals surface area (Å²) in [5.41, 5.74) is 1.13. The topological polar surface area (TPSA) is 39.4 Å². The standard InChI is InChI=1S/C19H21F2N3O/c1-12(2)8-13(3)11-25-18-10-15(20)14(9-16(18)21)17-4-6-22-19-5-7-23-24(17)19/h4-7,9-10,12-13H,8,11H2,1-3H3/t13-/m1/s1. The highest BCUT2D eigenvalue weighted by Crippen LogP contribution is 2.29. The molecule has 0 bridgehead atoms. The molecular weight excluding hydrogens is 324 g/mol. The number of benzene rings is 1. The lowest BCUT2D eigenvalue weighted by atomic mass is 10.00. The van der Waals surface area contributed by atoms with E-state index >= 15 is 0 Å². The molecule has 0 amide bonds. The minimum Gasteiger partial charge on any atom is -0.490 e. The van der Waals surface area contributed by atoms with Gasteiger partial charge in [-0.25, -0.2) is 18.3 Å². The van der Waals surface area contributed by atoms with E-state index in [0.717, 1.165) is 18.6 Å². The fourth-order valence-electron chi connectivity index (χ4n) is 2.98. The van der Waals surface area contributed by atoms with Gasteiger partial charge in [-0.05, 0) is 30.4 Å². The van der Waals surface area contributed by atoms with Crippen LogP contribution in [0.5, 0.6) is 5.75 Å². The lowest BCUT2D eigenvalue weighted by Gasteiger charge is -2.16. The molecule has 0 saturated heterocycles. The summed E-state index contributed by atoms with van der Waals surface area (Å²) in [4.78, 5) is 4.13. The second-order valence-corrected chi connectivity index (χ2v) is 6.74. The number of rotatable bonds is 6. The summed E-state index contributed by atoms with van der Waals surface area (Å²) < 4.78 is 36.0. The van der Waals surface area contributed by atoms with Gasteiger partial charge in [-0.2, -0.15) is 5.10 Å². The number of fused-ring (bicyclic) bond motifs is 1. The number of halogens is 2. The van der Waals surface area contributed by atoms with E-state index in [1.54, 1.807) is 24.5 Å². The van der Waals surface area contributed by atoms with Gasteiger partial charge in [-0.1, -0.05) is 20.8 Å². The third kappa shape index (κ3) is 3.78. The second kappa shape index (κ2) is 7.17. The summed E-state index contributed by atoms with van der Waals surface area (Å²) in [5, 5.41) is 4.11. The molecule has 1 atom stereocenters. The van der Waals surface area contributed by atoms with Crippen molar-refractivity contribution in [2.24, 2.45) is 11.8 Å². The third-order valence-corrected chi connectivity index (χ3v) is 3.98. The highest BCUT2D eigenvalue weighted by Gasteiger charge is 2.16. The maximum atomic E-state index is 14.6. The van der Waals surface area contributed by atoms with Crippen LogP contribution >= 0.6 is 0 Å². The highest BCUT2D eigenvalue weighted by molar-refractivity contribution is 5.64. The molecule has 3 rings (SSSR count). The van der Waals surface area contributed by atoms with E-state index in [0.29, 0.717) is 23.9 Å². The van der Waals surface area contributed by atoms with Crippen molar-refractivity contribution in [3.05, 3.63) is 48.3 Å². The van der Waals surface area contributed by atoms with Gasteiger partial charge >= 0.3 is 0 Å². The quantitative estimate of drug-likeness (QED) is 0.648. The van der Waals surface area contributed by atoms with Crippen LogP contribution in [-0.4, -0.2) is 21.2 Å². The van der Waals surface area contributed by atoms with Gasteiger partial charge in [0.25, 0.3) is 0 Å². The van der Waals surface area contributed by atoms with Crippen LogP contribution in [0, 0.1) is 23.5 Å². The number of ether oxygens (including phenoxy) is 1. The molecule has 0 saturated carbocycles. The summed E-state index contributed by atoms with van der Waals surface area (Å²) >= 11 is 0. The molecule has 0 aliphatic heterocycles. The van der Waals surface area contributed by atoms with E-state index in [1.807, 2.05) is 6.92 Å². The molecule has 0 aliphatic carbocycles. The summed E-state index contributed by atoms with van der Waals surface area (Å²) in [6, 6.07) is 5.55. The van der Waals surface area contributed by atoms with Crippen molar-refractivity contribution in [1.82, 2.24) is 14.6 Å². The zero-order valence-electron chi connectivity index (χ0n) is 14.5. The SMILES string of the molecule is CC(C)C[C@@H](C)COc1cc(F)c(-c2ccnc3ccnn23)cc1F. The number of hydrogen-bond acceptors (Lipinski definition) is 3. The Morgan fingerprint density at radius 3 is 2.64 bits per heavy atom. The smallest absolute Gasteiger partial charge is 0.165 e. The number of aromatic nitrogens is 3. The first-order chi connectivity index (χ1) is 12.0. The maximum Gasteiger partial charge on any atom is 0.165 e. The fraction of sp³-hybridized carbons (Fsp3) is 0.368. The monoisotopic (exact) mass is 345 g/mol. The Kier molecular flexibility index (Phi) is 4.97. The van der Waals surface area contributed by atoms with Crippen molar-refractivity contribution < 1.29 is 13.5 Å². The van der Waals surface area contributed by atoms with Gasteiger partial charge in [0.1, 0.15) is 5.82 Å². The summed E-state index contributed by atoms with van der Waals surface area (Å²) in [5.74, 6) is -0.416. The first-order valence-electron chi connectivity index (χ1n) is 8.36. The molecule has 6 heteroatoms. The molecule has 0 N–H and O–H groups in total. The van der Waals surface area contributed by atoms with Crippen LogP contribution in [-0.2, 0) is 0 Å². The van der Waals surface area contributed by atoms with Crippen molar-refractivity contribution in [3.8, 4) is 17.0 Å². The zero-order valence-corrected chi connectivity index (χ0v) is 14.5. The Morgan fingerprint density at radius 2 is 1.88 bits per heavy atom. The summed E-state index contributed by atoms with van der Waals surface area (Å²) in [6.07, 6.45) is 4.08.